The number of alkyl halides is 1. The Labute approximate surface area is 224 Å². The molecule has 3 rings (SSSR count). The fraction of sp³-hybridized carbons (Fsp3) is 0.652. The first kappa shape index (κ1) is 30.5. The highest BCUT2D eigenvalue weighted by Gasteiger charge is 2.53. The fourth-order valence-corrected chi connectivity index (χ4v) is 4.22. The lowest BCUT2D eigenvalue weighted by Crippen LogP contribution is -2.37. The largest absolute Gasteiger partial charge is 0.480 e. The van der Waals surface area contributed by atoms with Crippen molar-refractivity contribution in [3.8, 4) is 12.3 Å². The van der Waals surface area contributed by atoms with Crippen LogP contribution in [0.25, 0.3) is 11.2 Å². The van der Waals surface area contributed by atoms with Gasteiger partial charge in [-0.25, -0.2) is 23.0 Å². The Morgan fingerprint density at radius 3 is 2.23 bits per heavy atom. The summed E-state index contributed by atoms with van der Waals surface area (Å²) in [6.07, 6.45) is 6.73. The molecule has 0 bridgehead atoms. The van der Waals surface area contributed by atoms with Gasteiger partial charge in [0.25, 0.3) is 0 Å². The van der Waals surface area contributed by atoms with E-state index >= 15 is 4.39 Å². The predicted octanol–water partition coefficient (Wildman–Crippen LogP) is 3.36. The van der Waals surface area contributed by atoms with E-state index < -0.39 is 62.4 Å². The molecule has 0 unspecified atom stereocenters. The number of H-pyrrole nitrogens is 1. The van der Waals surface area contributed by atoms with Gasteiger partial charge in [0.2, 0.25) is 25.2 Å². The molecule has 3 heterocycles. The Kier molecular flexibility index (Phi) is 8.50. The number of hydrogen-bond acceptors (Lipinski definition) is 12. The Balaban J connectivity index is 1.71. The van der Waals surface area contributed by atoms with E-state index in [0.29, 0.717) is 5.52 Å². The molecule has 1 fully saturated rings. The van der Waals surface area contributed by atoms with Crippen molar-refractivity contribution in [3.63, 3.8) is 0 Å². The van der Waals surface area contributed by atoms with Gasteiger partial charge in [-0.15, -0.1) is 6.42 Å². The van der Waals surface area contributed by atoms with E-state index in [-0.39, 0.29) is 24.3 Å². The number of carbonyl (C=O) groups is 2. The Morgan fingerprint density at radius 1 is 1.15 bits per heavy atom. The van der Waals surface area contributed by atoms with Crippen LogP contribution in [-0.4, -0.2) is 57.7 Å². The van der Waals surface area contributed by atoms with Gasteiger partial charge in [0.1, 0.15) is 18.8 Å². The third kappa shape index (κ3) is 6.95. The highest BCUT2D eigenvalue weighted by molar-refractivity contribution is 7.48. The Morgan fingerprint density at radius 2 is 1.72 bits per heavy atom. The van der Waals surface area contributed by atoms with E-state index in [1.165, 1.54) is 10.9 Å². The van der Waals surface area contributed by atoms with Crippen LogP contribution in [0.4, 0.5) is 10.2 Å². The summed E-state index contributed by atoms with van der Waals surface area (Å²) in [5.74, 6) is -1.28. The molecule has 0 radical (unpaired) electrons. The maximum Gasteiger partial charge on any atom is 0.480 e. The third-order valence-corrected chi connectivity index (χ3v) is 6.84. The zero-order chi connectivity index (χ0) is 29.3. The van der Waals surface area contributed by atoms with E-state index in [0.717, 1.165) is 0 Å². The predicted molar refractivity (Wildman–Crippen MR) is 134 cm³/mol. The van der Waals surface area contributed by atoms with Crippen LogP contribution in [0.15, 0.2) is 6.33 Å². The molecular weight excluding hydrogens is 540 g/mol. The van der Waals surface area contributed by atoms with Crippen LogP contribution in [0.3, 0.4) is 0 Å². The van der Waals surface area contributed by atoms with Gasteiger partial charge in [0.15, 0.2) is 11.2 Å². The average molecular weight is 574 g/mol. The lowest BCUT2D eigenvalue weighted by atomic mass is 9.98. The number of carbonyl (C=O) groups excluding carboxylic acids is 2. The zero-order valence-corrected chi connectivity index (χ0v) is 23.5. The first-order valence-electron chi connectivity index (χ1n) is 11.9. The number of esters is 2. The number of nitrogens with one attached hydrogen (secondary N) is 1. The molecule has 0 saturated carbocycles. The van der Waals surface area contributed by atoms with E-state index in [4.69, 9.17) is 39.9 Å². The number of imidazole rings is 1. The lowest BCUT2D eigenvalue weighted by molar-refractivity contribution is -0.201. The number of hydrogen-bond donors (Lipinski definition) is 2. The highest BCUT2D eigenvalue weighted by Crippen LogP contribution is 2.52. The highest BCUT2D eigenvalue weighted by atomic mass is 31.2. The molecular formula is C23H33FN5O9P. The molecule has 0 aromatic carbocycles. The maximum absolute atomic E-state index is 15.8. The van der Waals surface area contributed by atoms with Gasteiger partial charge in [0.05, 0.1) is 10.8 Å². The van der Waals surface area contributed by atoms with Gasteiger partial charge in [-0.3, -0.25) is 23.8 Å². The van der Waals surface area contributed by atoms with Crippen LogP contribution >= 0.6 is 7.82 Å². The topological polar surface area (TPSA) is 179 Å². The second-order valence-electron chi connectivity index (χ2n) is 10.9. The normalized spacial score (nSPS) is 22.1. The van der Waals surface area contributed by atoms with Crippen LogP contribution in [0, 0.1) is 23.2 Å². The maximum atomic E-state index is 15.8. The summed E-state index contributed by atoms with van der Waals surface area (Å²) in [5, 5.41) is 6.59. The standard InChI is InChI=1S/C23H33FN5O9P/c1-8-23(29-12-26-15-16(25)27-28-17(15)29)10-9-22(24,38-23)11-35-39(32,36-13-33-18(30)20(2,3)4)37-14-34-19(31)21(5,6)7/h1,12H,9-11,13-14H2,2-7H3,(H3,25,27,28)/t22-,23+/m0/s1. The minimum Gasteiger partial charge on any atom is -0.437 e. The van der Waals surface area contributed by atoms with Gasteiger partial charge in [-0.2, -0.15) is 5.10 Å². The lowest BCUT2D eigenvalue weighted by Gasteiger charge is -2.28. The molecule has 216 valence electrons. The summed E-state index contributed by atoms with van der Waals surface area (Å²) in [7, 11) is -4.66. The van der Waals surface area contributed by atoms with E-state index in [2.05, 4.69) is 21.1 Å². The van der Waals surface area contributed by atoms with Crippen molar-refractivity contribution in [2.45, 2.75) is 66.0 Å². The monoisotopic (exact) mass is 573 g/mol. The molecule has 0 aliphatic carbocycles. The van der Waals surface area contributed by atoms with E-state index in [9.17, 15) is 14.2 Å². The number of phosphoric acid groups is 1. The number of fused-ring (bicyclic) bond motifs is 1. The van der Waals surface area contributed by atoms with Gasteiger partial charge in [0, 0.05) is 12.8 Å². The number of halogens is 1. The molecule has 1 saturated heterocycles. The average Bonchev–Trinajstić information content (AvgIpc) is 3.52. The summed E-state index contributed by atoms with van der Waals surface area (Å²) >= 11 is 0. The van der Waals surface area contributed by atoms with Crippen LogP contribution in [0.5, 0.6) is 0 Å². The van der Waals surface area contributed by atoms with Gasteiger partial charge >= 0.3 is 19.8 Å². The first-order valence-corrected chi connectivity index (χ1v) is 13.3. The minimum absolute atomic E-state index is 0.0278. The Bertz CT molecular complexity index is 1270. The molecule has 2 aromatic rings. The summed E-state index contributed by atoms with van der Waals surface area (Å²) in [6, 6.07) is 0. The van der Waals surface area contributed by atoms with Crippen LogP contribution in [-0.2, 0) is 47.7 Å². The van der Waals surface area contributed by atoms with Gasteiger partial charge in [-0.05, 0) is 47.5 Å². The molecule has 2 atom stereocenters. The number of aromatic amines is 1. The first-order chi connectivity index (χ1) is 17.9. The summed E-state index contributed by atoms with van der Waals surface area (Å²) in [4.78, 5) is 28.2. The summed E-state index contributed by atoms with van der Waals surface area (Å²) in [6.45, 7) is 6.94. The van der Waals surface area contributed by atoms with E-state index in [1.54, 1.807) is 41.5 Å². The van der Waals surface area contributed by atoms with Crippen molar-refractivity contribution >= 4 is 36.7 Å². The number of aromatic nitrogens is 4. The molecule has 1 aliphatic heterocycles. The number of nitrogen functional groups attached to an aromatic ring is 1. The number of phosphoric ester groups is 1. The van der Waals surface area contributed by atoms with Crippen LogP contribution in [0.1, 0.15) is 54.4 Å². The third-order valence-electron chi connectivity index (χ3n) is 5.55. The number of nitrogens with zero attached hydrogens (tertiary/aromatic N) is 3. The van der Waals surface area contributed by atoms with Gasteiger partial charge in [-0.1, -0.05) is 0 Å². The molecule has 1 aliphatic rings. The molecule has 3 N–H and O–H groups in total. The van der Waals surface area contributed by atoms with Crippen molar-refractivity contribution in [1.29, 1.82) is 0 Å². The number of rotatable bonds is 10. The van der Waals surface area contributed by atoms with Crippen LogP contribution < -0.4 is 5.73 Å². The second kappa shape index (κ2) is 10.9. The van der Waals surface area contributed by atoms with Crippen molar-refractivity contribution in [3.05, 3.63) is 6.33 Å². The van der Waals surface area contributed by atoms with E-state index in [1.807, 2.05) is 0 Å². The molecule has 0 spiro atoms. The zero-order valence-electron chi connectivity index (χ0n) is 22.6. The number of ether oxygens (including phenoxy) is 3. The van der Waals surface area contributed by atoms with Crippen LogP contribution in [0.2, 0.25) is 0 Å². The van der Waals surface area contributed by atoms with Crippen molar-refractivity contribution in [1.82, 2.24) is 19.7 Å². The molecule has 0 amide bonds. The quantitative estimate of drug-likeness (QED) is 0.183. The smallest absolute Gasteiger partial charge is 0.437 e. The van der Waals surface area contributed by atoms with Crippen molar-refractivity contribution < 1.29 is 46.3 Å². The number of terminal acetylenes is 1. The molecule has 2 aromatic heterocycles. The van der Waals surface area contributed by atoms with Crippen molar-refractivity contribution in [2.75, 3.05) is 25.9 Å². The number of anilines is 1. The summed E-state index contributed by atoms with van der Waals surface area (Å²) < 4.78 is 61.2. The second-order valence-corrected chi connectivity index (χ2v) is 12.6. The summed E-state index contributed by atoms with van der Waals surface area (Å²) in [5.41, 5.74) is 2.94. The molecule has 14 nitrogen and oxygen atoms in total. The number of nitrogens with two attached hydrogens (primary N) is 1. The SMILES string of the molecule is C#C[C@]1(n2cnc3c(N)[nH]nc32)CC[C@@](F)(COP(=O)(OCOC(=O)C(C)(C)C)OCOC(=O)C(C)(C)C)O1. The molecule has 16 heteroatoms. The Hall–Kier alpha value is -3.02. The minimum atomic E-state index is -4.66. The molecule has 39 heavy (non-hydrogen) atoms. The van der Waals surface area contributed by atoms with Crippen molar-refractivity contribution in [2.24, 2.45) is 10.8 Å². The fourth-order valence-electron chi connectivity index (χ4n) is 3.28. The van der Waals surface area contributed by atoms with Gasteiger partial charge < -0.3 is 19.9 Å².